The summed E-state index contributed by atoms with van der Waals surface area (Å²) in [7, 11) is 1.81. The molecule has 0 aliphatic heterocycles. The Bertz CT molecular complexity index is 496. The van der Waals surface area contributed by atoms with Crippen LogP contribution in [0.3, 0.4) is 0 Å². The monoisotopic (exact) mass is 211 g/mol. The molecule has 0 amide bonds. The first-order valence-electron chi connectivity index (χ1n) is 4.01. The highest BCUT2D eigenvalue weighted by molar-refractivity contribution is 7.10. The third kappa shape index (κ3) is 1.31. The predicted molar refractivity (Wildman–Crippen MR) is 54.6 cm³/mol. The van der Waals surface area contributed by atoms with Gasteiger partial charge in [-0.2, -0.15) is 9.47 Å². The molecule has 0 fully saturated rings. The Morgan fingerprint density at radius 3 is 2.86 bits per heavy atom. The van der Waals surface area contributed by atoms with E-state index < -0.39 is 0 Å². The summed E-state index contributed by atoms with van der Waals surface area (Å²) in [5.41, 5.74) is 1.38. The molecular formula is C7H9N5OS. The zero-order valence-corrected chi connectivity index (χ0v) is 8.53. The Morgan fingerprint density at radius 1 is 1.50 bits per heavy atom. The highest BCUT2D eigenvalue weighted by atomic mass is 32.1. The van der Waals surface area contributed by atoms with Gasteiger partial charge < -0.3 is 5.32 Å². The van der Waals surface area contributed by atoms with Gasteiger partial charge in [0.1, 0.15) is 5.00 Å². The first-order valence-corrected chi connectivity index (χ1v) is 4.79. The van der Waals surface area contributed by atoms with Crippen LogP contribution in [0.25, 0.3) is 11.4 Å². The topological polar surface area (TPSA) is 86.5 Å². The van der Waals surface area contributed by atoms with Gasteiger partial charge in [0.2, 0.25) is 0 Å². The van der Waals surface area contributed by atoms with Crippen LogP contribution in [0.1, 0.15) is 5.69 Å². The zero-order valence-electron chi connectivity index (χ0n) is 7.71. The van der Waals surface area contributed by atoms with Crippen LogP contribution in [-0.4, -0.2) is 26.6 Å². The maximum Gasteiger partial charge on any atom is 0.340 e. The normalized spacial score (nSPS) is 10.4. The van der Waals surface area contributed by atoms with E-state index in [9.17, 15) is 4.79 Å². The first-order chi connectivity index (χ1) is 6.72. The zero-order chi connectivity index (χ0) is 10.1. The van der Waals surface area contributed by atoms with Crippen molar-refractivity contribution in [2.45, 2.75) is 6.92 Å². The summed E-state index contributed by atoms with van der Waals surface area (Å²) in [6.45, 7) is 1.87. The molecule has 3 N–H and O–H groups in total. The molecule has 0 aliphatic carbocycles. The van der Waals surface area contributed by atoms with Crippen molar-refractivity contribution in [1.82, 2.24) is 19.6 Å². The Balaban J connectivity index is 2.60. The molecular weight excluding hydrogens is 202 g/mol. The second-order valence-electron chi connectivity index (χ2n) is 2.75. The van der Waals surface area contributed by atoms with Gasteiger partial charge in [-0.05, 0) is 18.5 Å². The summed E-state index contributed by atoms with van der Waals surface area (Å²) in [6.07, 6.45) is 0. The van der Waals surface area contributed by atoms with Crippen LogP contribution in [-0.2, 0) is 0 Å². The van der Waals surface area contributed by atoms with Crippen molar-refractivity contribution >= 4 is 16.5 Å². The second-order valence-corrected chi connectivity index (χ2v) is 3.52. The van der Waals surface area contributed by atoms with E-state index in [2.05, 4.69) is 24.9 Å². The minimum Gasteiger partial charge on any atom is -0.378 e. The second kappa shape index (κ2) is 3.26. The molecule has 0 unspecified atom stereocenters. The van der Waals surface area contributed by atoms with Gasteiger partial charge in [-0.1, -0.05) is 0 Å². The van der Waals surface area contributed by atoms with E-state index in [1.807, 2.05) is 6.92 Å². The third-order valence-corrected chi connectivity index (χ3v) is 2.78. The molecule has 0 spiro atoms. The Labute approximate surface area is 83.5 Å². The van der Waals surface area contributed by atoms with Crippen molar-refractivity contribution < 1.29 is 0 Å². The molecule has 0 saturated heterocycles. The molecule has 2 aromatic rings. The smallest absolute Gasteiger partial charge is 0.340 e. The van der Waals surface area contributed by atoms with Crippen molar-refractivity contribution in [3.63, 3.8) is 0 Å². The lowest BCUT2D eigenvalue weighted by atomic mass is 10.2. The Hall–Kier alpha value is -1.63. The van der Waals surface area contributed by atoms with Crippen LogP contribution in [0.15, 0.2) is 4.79 Å². The van der Waals surface area contributed by atoms with E-state index in [4.69, 9.17) is 0 Å². The van der Waals surface area contributed by atoms with Crippen LogP contribution in [0.4, 0.5) is 5.00 Å². The molecule has 0 aliphatic rings. The number of aromatic amines is 2. The predicted octanol–water partition coefficient (Wildman–Crippen LogP) is 0.572. The number of hydrogen-bond donors (Lipinski definition) is 3. The van der Waals surface area contributed by atoms with Crippen molar-refractivity contribution in [3.05, 3.63) is 16.2 Å². The van der Waals surface area contributed by atoms with Gasteiger partial charge in [0, 0.05) is 7.05 Å². The Morgan fingerprint density at radius 2 is 2.29 bits per heavy atom. The van der Waals surface area contributed by atoms with Gasteiger partial charge in [-0.25, -0.2) is 9.89 Å². The molecule has 0 saturated carbocycles. The fourth-order valence-electron chi connectivity index (χ4n) is 1.21. The lowest BCUT2D eigenvalue weighted by Gasteiger charge is -1.97. The van der Waals surface area contributed by atoms with Gasteiger partial charge in [-0.3, -0.25) is 4.98 Å². The number of H-pyrrole nitrogens is 2. The molecule has 2 rings (SSSR count). The summed E-state index contributed by atoms with van der Waals surface area (Å²) in [5, 5.41) is 10.1. The summed E-state index contributed by atoms with van der Waals surface area (Å²) >= 11 is 1.34. The minimum atomic E-state index is -0.312. The van der Waals surface area contributed by atoms with E-state index in [-0.39, 0.29) is 5.69 Å². The van der Waals surface area contributed by atoms with Crippen LogP contribution in [0.5, 0.6) is 0 Å². The molecule has 14 heavy (non-hydrogen) atoms. The van der Waals surface area contributed by atoms with Crippen LogP contribution < -0.4 is 11.0 Å². The summed E-state index contributed by atoms with van der Waals surface area (Å²) in [6, 6.07) is 0. The molecule has 2 aromatic heterocycles. The van der Waals surface area contributed by atoms with Crippen molar-refractivity contribution in [1.29, 1.82) is 0 Å². The van der Waals surface area contributed by atoms with Crippen molar-refractivity contribution in [2.75, 3.05) is 12.4 Å². The molecule has 2 heterocycles. The number of hydrogen-bond acceptors (Lipinski definition) is 5. The molecule has 7 heteroatoms. The highest BCUT2D eigenvalue weighted by Gasteiger charge is 2.14. The maximum atomic E-state index is 10.9. The average molecular weight is 211 g/mol. The largest absolute Gasteiger partial charge is 0.378 e. The third-order valence-electron chi connectivity index (χ3n) is 1.83. The summed E-state index contributed by atoms with van der Waals surface area (Å²) < 4.78 is 4.18. The van der Waals surface area contributed by atoms with E-state index in [0.29, 0.717) is 5.82 Å². The lowest BCUT2D eigenvalue weighted by Crippen LogP contribution is -2.00. The fourth-order valence-corrected chi connectivity index (χ4v) is 1.95. The molecule has 0 aromatic carbocycles. The molecule has 0 bridgehead atoms. The maximum absolute atomic E-state index is 10.9. The molecule has 74 valence electrons. The van der Waals surface area contributed by atoms with Crippen molar-refractivity contribution in [2.24, 2.45) is 0 Å². The number of rotatable bonds is 2. The highest BCUT2D eigenvalue weighted by Crippen LogP contribution is 2.31. The van der Waals surface area contributed by atoms with Gasteiger partial charge in [0.15, 0.2) is 5.82 Å². The van der Waals surface area contributed by atoms with E-state index in [0.717, 1.165) is 16.3 Å². The van der Waals surface area contributed by atoms with Crippen LogP contribution >= 0.6 is 11.5 Å². The molecule has 0 atom stereocenters. The van der Waals surface area contributed by atoms with E-state index in [1.54, 1.807) is 7.05 Å². The van der Waals surface area contributed by atoms with E-state index >= 15 is 0 Å². The van der Waals surface area contributed by atoms with Crippen LogP contribution in [0, 0.1) is 6.92 Å². The Kier molecular flexibility index (Phi) is 2.08. The SMILES string of the molecule is CNc1snc(C)c1-c1n[nH]c(=O)[nH]1. The average Bonchev–Trinajstić information content (AvgIpc) is 2.71. The first kappa shape index (κ1) is 8.95. The molecule has 0 radical (unpaired) electrons. The number of anilines is 1. The fraction of sp³-hybridized carbons (Fsp3) is 0.286. The number of nitrogens with zero attached hydrogens (tertiary/aromatic N) is 2. The van der Waals surface area contributed by atoms with Gasteiger partial charge in [0.25, 0.3) is 0 Å². The lowest BCUT2D eigenvalue weighted by molar-refractivity contribution is 1.05. The van der Waals surface area contributed by atoms with Crippen molar-refractivity contribution in [3.8, 4) is 11.4 Å². The van der Waals surface area contributed by atoms with Crippen LogP contribution in [0.2, 0.25) is 0 Å². The quantitative estimate of drug-likeness (QED) is 0.677. The number of nitrogens with one attached hydrogen (secondary N) is 3. The van der Waals surface area contributed by atoms with Gasteiger partial charge >= 0.3 is 5.69 Å². The molecule has 6 nitrogen and oxygen atoms in total. The summed E-state index contributed by atoms with van der Waals surface area (Å²) in [5.74, 6) is 0.519. The van der Waals surface area contributed by atoms with Gasteiger partial charge in [-0.15, -0.1) is 0 Å². The standard InChI is InChI=1S/C7H9N5OS/c1-3-4(6(8-2)14-12-3)5-9-7(13)11-10-5/h8H,1-2H3,(H2,9,10,11,13). The summed E-state index contributed by atoms with van der Waals surface area (Å²) in [4.78, 5) is 13.5. The minimum absolute atomic E-state index is 0.312. The number of aromatic nitrogens is 4. The van der Waals surface area contributed by atoms with E-state index in [1.165, 1.54) is 11.5 Å². The number of aryl methyl sites for hydroxylation is 1. The van der Waals surface area contributed by atoms with Gasteiger partial charge in [0.05, 0.1) is 11.3 Å².